The van der Waals surface area contributed by atoms with Crippen molar-refractivity contribution in [1.82, 2.24) is 10.3 Å². The fourth-order valence-corrected chi connectivity index (χ4v) is 2.67. The van der Waals surface area contributed by atoms with Crippen LogP contribution >= 0.6 is 0 Å². The molecule has 0 spiro atoms. The van der Waals surface area contributed by atoms with Crippen LogP contribution in [0.15, 0.2) is 12.1 Å². The highest BCUT2D eigenvalue weighted by Crippen LogP contribution is 2.36. The van der Waals surface area contributed by atoms with E-state index in [0.717, 1.165) is 12.8 Å². The van der Waals surface area contributed by atoms with E-state index >= 15 is 0 Å². The van der Waals surface area contributed by atoms with Crippen molar-refractivity contribution in [2.24, 2.45) is 5.92 Å². The summed E-state index contributed by atoms with van der Waals surface area (Å²) in [6.45, 7) is 8.35. The second-order valence-corrected chi connectivity index (χ2v) is 7.87. The van der Waals surface area contributed by atoms with E-state index in [-0.39, 0.29) is 17.3 Å². The Morgan fingerprint density at radius 1 is 1.23 bits per heavy atom. The number of carbonyl (C=O) groups excluding carboxylic acids is 2. The molecule has 2 aliphatic rings. The third-order valence-electron chi connectivity index (χ3n) is 5.29. The normalized spacial score (nSPS) is 20.7. The van der Waals surface area contributed by atoms with Crippen molar-refractivity contribution in [3.8, 4) is 0 Å². The van der Waals surface area contributed by atoms with E-state index in [9.17, 15) is 9.59 Å². The van der Waals surface area contributed by atoms with E-state index in [4.69, 9.17) is 14.0 Å². The van der Waals surface area contributed by atoms with Gasteiger partial charge in [0.1, 0.15) is 11.4 Å². The Hall–Kier alpha value is -1.93. The lowest BCUT2D eigenvalue weighted by atomic mass is 9.77. The molecule has 0 bridgehead atoms. The van der Waals surface area contributed by atoms with Crippen LogP contribution in [0.2, 0.25) is 0 Å². The molecule has 1 N–H and O–H groups in total. The van der Waals surface area contributed by atoms with Crippen molar-refractivity contribution in [3.05, 3.63) is 23.5 Å². The number of aromatic nitrogens is 1. The lowest BCUT2D eigenvalue weighted by molar-refractivity contribution is 0.00578. The average molecular weight is 360 g/mol. The number of ether oxygens (including phenoxy) is 1. The molecule has 2 heterocycles. The van der Waals surface area contributed by atoms with Gasteiger partial charge in [-0.05, 0) is 52.5 Å². The SMILES string of the molecule is COC(=O)c1nc(C(=O)NCC2CC2)ccc1B1OC(C)(C)C(C)(C)O1. The van der Waals surface area contributed by atoms with E-state index in [1.807, 2.05) is 27.7 Å². The van der Waals surface area contributed by atoms with Gasteiger partial charge < -0.3 is 19.4 Å². The summed E-state index contributed by atoms with van der Waals surface area (Å²) in [7, 11) is 0.517. The van der Waals surface area contributed by atoms with Crippen LogP contribution < -0.4 is 10.8 Å². The Morgan fingerprint density at radius 3 is 2.38 bits per heavy atom. The molecule has 140 valence electrons. The molecule has 1 saturated carbocycles. The molecular formula is C18H25BN2O5. The van der Waals surface area contributed by atoms with Gasteiger partial charge in [-0.25, -0.2) is 9.78 Å². The average Bonchev–Trinajstić information content (AvgIpc) is 3.38. The van der Waals surface area contributed by atoms with Crippen molar-refractivity contribution < 1.29 is 23.6 Å². The zero-order valence-electron chi connectivity index (χ0n) is 15.9. The van der Waals surface area contributed by atoms with Gasteiger partial charge in [0.25, 0.3) is 5.91 Å². The standard InChI is InChI=1S/C18H25BN2O5/c1-17(2)18(3,4)26-19(25-17)12-8-9-13(21-14(12)16(23)24-5)15(22)20-10-11-6-7-11/h8-9,11H,6-7,10H2,1-5H3,(H,20,22). The summed E-state index contributed by atoms with van der Waals surface area (Å²) < 4.78 is 16.8. The van der Waals surface area contributed by atoms with Gasteiger partial charge in [0, 0.05) is 12.0 Å². The van der Waals surface area contributed by atoms with E-state index in [1.54, 1.807) is 12.1 Å². The summed E-state index contributed by atoms with van der Waals surface area (Å²) >= 11 is 0. The maximum Gasteiger partial charge on any atom is 0.497 e. The van der Waals surface area contributed by atoms with E-state index in [0.29, 0.717) is 17.9 Å². The molecule has 1 aliphatic heterocycles. The molecule has 8 heteroatoms. The number of pyridine rings is 1. The van der Waals surface area contributed by atoms with Crippen LogP contribution in [0.3, 0.4) is 0 Å². The Balaban J connectivity index is 1.88. The molecule has 0 aromatic carbocycles. The third-order valence-corrected chi connectivity index (χ3v) is 5.29. The highest BCUT2D eigenvalue weighted by Gasteiger charge is 2.52. The lowest BCUT2D eigenvalue weighted by Crippen LogP contribution is -2.41. The third kappa shape index (κ3) is 3.62. The monoisotopic (exact) mass is 360 g/mol. The molecular weight excluding hydrogens is 335 g/mol. The Morgan fingerprint density at radius 2 is 1.85 bits per heavy atom. The Kier molecular flexibility index (Phi) is 4.83. The second kappa shape index (κ2) is 6.66. The Bertz CT molecular complexity index is 714. The maximum absolute atomic E-state index is 12.3. The van der Waals surface area contributed by atoms with Gasteiger partial charge in [-0.2, -0.15) is 0 Å². The zero-order valence-corrected chi connectivity index (χ0v) is 15.9. The molecule has 3 rings (SSSR count). The predicted molar refractivity (Wildman–Crippen MR) is 96.3 cm³/mol. The van der Waals surface area contributed by atoms with Crippen molar-refractivity contribution in [2.75, 3.05) is 13.7 Å². The smallest absolute Gasteiger partial charge is 0.464 e. The van der Waals surface area contributed by atoms with Crippen LogP contribution in [-0.2, 0) is 14.0 Å². The fraction of sp³-hybridized carbons (Fsp3) is 0.611. The van der Waals surface area contributed by atoms with Crippen molar-refractivity contribution >= 4 is 24.5 Å². The van der Waals surface area contributed by atoms with E-state index in [1.165, 1.54) is 7.11 Å². The summed E-state index contributed by atoms with van der Waals surface area (Å²) in [5.41, 5.74) is -0.442. The first-order valence-corrected chi connectivity index (χ1v) is 8.88. The minimum absolute atomic E-state index is 0.0325. The number of nitrogens with zero attached hydrogens (tertiary/aromatic N) is 1. The van der Waals surface area contributed by atoms with Gasteiger partial charge in [0.2, 0.25) is 0 Å². The lowest BCUT2D eigenvalue weighted by Gasteiger charge is -2.32. The van der Waals surface area contributed by atoms with E-state index in [2.05, 4.69) is 10.3 Å². The zero-order chi connectivity index (χ0) is 19.1. The largest absolute Gasteiger partial charge is 0.497 e. The molecule has 1 aliphatic carbocycles. The van der Waals surface area contributed by atoms with Gasteiger partial charge >= 0.3 is 13.1 Å². The quantitative estimate of drug-likeness (QED) is 0.629. The fourth-order valence-electron chi connectivity index (χ4n) is 2.67. The number of esters is 1. The van der Waals surface area contributed by atoms with Crippen LogP contribution in [0, 0.1) is 5.92 Å². The number of hydrogen-bond acceptors (Lipinski definition) is 6. The topological polar surface area (TPSA) is 86.8 Å². The number of rotatable bonds is 5. The second-order valence-electron chi connectivity index (χ2n) is 7.87. The van der Waals surface area contributed by atoms with Gasteiger partial charge in [-0.3, -0.25) is 4.79 Å². The van der Waals surface area contributed by atoms with Crippen LogP contribution in [0.1, 0.15) is 61.5 Å². The number of nitrogens with one attached hydrogen (secondary N) is 1. The maximum atomic E-state index is 12.3. The first-order chi connectivity index (χ1) is 12.1. The predicted octanol–water partition coefficient (Wildman–Crippen LogP) is 1.31. The van der Waals surface area contributed by atoms with Crippen molar-refractivity contribution in [1.29, 1.82) is 0 Å². The molecule has 2 fully saturated rings. The molecule has 0 atom stereocenters. The highest BCUT2D eigenvalue weighted by molar-refractivity contribution is 6.63. The molecule has 1 aromatic rings. The minimum Gasteiger partial charge on any atom is -0.464 e. The molecule has 1 amide bonds. The molecule has 1 aromatic heterocycles. The van der Waals surface area contributed by atoms with E-state index < -0.39 is 24.3 Å². The summed E-state index contributed by atoms with van der Waals surface area (Å²) in [6.07, 6.45) is 2.28. The van der Waals surface area contributed by atoms with Gasteiger partial charge in [-0.15, -0.1) is 0 Å². The van der Waals surface area contributed by atoms with Crippen molar-refractivity contribution in [2.45, 2.75) is 51.7 Å². The molecule has 0 unspecified atom stereocenters. The minimum atomic E-state index is -0.759. The number of methoxy groups -OCH3 is 1. The summed E-state index contributed by atoms with van der Waals surface area (Å²) in [4.78, 5) is 28.8. The van der Waals surface area contributed by atoms with Crippen LogP contribution in [0.4, 0.5) is 0 Å². The van der Waals surface area contributed by atoms with Crippen molar-refractivity contribution in [3.63, 3.8) is 0 Å². The van der Waals surface area contributed by atoms with Crippen LogP contribution in [0.5, 0.6) is 0 Å². The van der Waals surface area contributed by atoms with Crippen LogP contribution in [-0.4, -0.2) is 48.8 Å². The summed E-state index contributed by atoms with van der Waals surface area (Å²) in [5, 5.41) is 2.84. The first kappa shape index (κ1) is 18.9. The number of amides is 1. The van der Waals surface area contributed by atoms with Gasteiger partial charge in [0.05, 0.1) is 18.3 Å². The van der Waals surface area contributed by atoms with Crippen LogP contribution in [0.25, 0.3) is 0 Å². The van der Waals surface area contributed by atoms with Gasteiger partial charge in [-0.1, -0.05) is 6.07 Å². The first-order valence-electron chi connectivity index (χ1n) is 8.88. The number of carbonyl (C=O) groups is 2. The molecule has 26 heavy (non-hydrogen) atoms. The Labute approximate surface area is 153 Å². The van der Waals surface area contributed by atoms with Gasteiger partial charge in [0.15, 0.2) is 0 Å². The summed E-state index contributed by atoms with van der Waals surface area (Å²) in [5.74, 6) is -0.378. The molecule has 7 nitrogen and oxygen atoms in total. The number of hydrogen-bond donors (Lipinski definition) is 1. The summed E-state index contributed by atoms with van der Waals surface area (Å²) in [6, 6.07) is 3.22. The highest BCUT2D eigenvalue weighted by atomic mass is 16.7. The molecule has 0 radical (unpaired) electrons. The molecule has 1 saturated heterocycles.